The number of rotatable bonds is 3. The number of pyridine rings is 1. The van der Waals surface area contributed by atoms with Gasteiger partial charge in [0, 0.05) is 35.0 Å². The fraction of sp³-hybridized carbons (Fsp3) is 0.286. The minimum Gasteiger partial charge on any atom is -0.311 e. The third-order valence-corrected chi connectivity index (χ3v) is 5.03. The number of aromatic nitrogens is 1. The van der Waals surface area contributed by atoms with E-state index in [0.29, 0.717) is 17.7 Å². The molecule has 5 nitrogen and oxygen atoms in total. The number of hydrogen-bond acceptors (Lipinski definition) is 4. The van der Waals surface area contributed by atoms with E-state index in [0.717, 1.165) is 5.39 Å². The van der Waals surface area contributed by atoms with Crippen molar-refractivity contribution in [1.82, 2.24) is 4.98 Å². The Hall–Kier alpha value is -1.37. The Morgan fingerprint density at radius 3 is 2.77 bits per heavy atom. The summed E-state index contributed by atoms with van der Waals surface area (Å²) >= 11 is 6.03. The Bertz CT molecular complexity index is 854. The number of carbonyl (C=O) groups is 1. The molecular formula is C14H12Cl2N2O3S. The maximum absolute atomic E-state index is 12.3. The van der Waals surface area contributed by atoms with Crippen LogP contribution in [0.15, 0.2) is 30.3 Å². The van der Waals surface area contributed by atoms with Crippen LogP contribution in [-0.4, -0.2) is 31.6 Å². The van der Waals surface area contributed by atoms with Crippen LogP contribution in [0.3, 0.4) is 0 Å². The molecule has 8 heteroatoms. The molecule has 2 aromatic rings. The van der Waals surface area contributed by atoms with Crippen molar-refractivity contribution in [3.63, 3.8) is 0 Å². The summed E-state index contributed by atoms with van der Waals surface area (Å²) in [6.45, 7) is 0.301. The predicted octanol–water partition coefficient (Wildman–Crippen LogP) is 2.81. The Morgan fingerprint density at radius 2 is 2.05 bits per heavy atom. The van der Waals surface area contributed by atoms with E-state index in [2.05, 4.69) is 4.98 Å². The lowest BCUT2D eigenvalue weighted by atomic mass is 10.1. The first kappa shape index (κ1) is 15.5. The van der Waals surface area contributed by atoms with Crippen molar-refractivity contribution >= 4 is 53.8 Å². The molecule has 1 aromatic heterocycles. The average molecular weight is 359 g/mol. The molecule has 1 fully saturated rings. The number of amides is 1. The molecule has 1 aromatic carbocycles. The van der Waals surface area contributed by atoms with Gasteiger partial charge in [-0.15, -0.1) is 0 Å². The van der Waals surface area contributed by atoms with Gasteiger partial charge in [0.2, 0.25) is 15.0 Å². The van der Waals surface area contributed by atoms with Gasteiger partial charge in [-0.1, -0.05) is 29.8 Å². The minimum absolute atomic E-state index is 0.141. The Balaban J connectivity index is 1.99. The Morgan fingerprint density at radius 1 is 1.32 bits per heavy atom. The zero-order valence-electron chi connectivity index (χ0n) is 11.4. The predicted molar refractivity (Wildman–Crippen MR) is 86.9 cm³/mol. The van der Waals surface area contributed by atoms with Crippen LogP contribution < -0.4 is 4.90 Å². The smallest absolute Gasteiger partial charge is 0.232 e. The largest absolute Gasteiger partial charge is 0.311 e. The number of anilines is 1. The van der Waals surface area contributed by atoms with Crippen LogP contribution in [0, 0.1) is 5.92 Å². The highest BCUT2D eigenvalue weighted by atomic mass is 35.7. The van der Waals surface area contributed by atoms with Gasteiger partial charge in [0.05, 0.1) is 17.0 Å². The lowest BCUT2D eigenvalue weighted by Crippen LogP contribution is -2.25. The average Bonchev–Trinajstić information content (AvgIpc) is 2.76. The molecule has 2 heterocycles. The van der Waals surface area contributed by atoms with Crippen molar-refractivity contribution in [2.75, 3.05) is 17.2 Å². The van der Waals surface area contributed by atoms with Gasteiger partial charge < -0.3 is 4.90 Å². The molecule has 1 amide bonds. The second kappa shape index (κ2) is 5.68. The topological polar surface area (TPSA) is 67.3 Å². The molecule has 1 saturated heterocycles. The summed E-state index contributed by atoms with van der Waals surface area (Å²) in [6.07, 6.45) is 0.153. The highest BCUT2D eigenvalue weighted by molar-refractivity contribution is 8.13. The van der Waals surface area contributed by atoms with Crippen LogP contribution in [0.5, 0.6) is 0 Å². The standard InChI is InChI=1S/C14H12Cl2N2O3S/c15-13-6-12(10-3-1-2-4-11(10)17-13)18-7-9(5-14(18)19)8-22(16,20)21/h1-4,6,9H,5,7-8H2. The summed E-state index contributed by atoms with van der Waals surface area (Å²) in [4.78, 5) is 18.0. The normalized spacial score (nSPS) is 19.1. The van der Waals surface area contributed by atoms with Crippen LogP contribution in [0.1, 0.15) is 6.42 Å². The maximum Gasteiger partial charge on any atom is 0.232 e. The molecule has 1 unspecified atom stereocenters. The van der Waals surface area contributed by atoms with Crippen molar-refractivity contribution in [1.29, 1.82) is 0 Å². The third-order valence-electron chi connectivity index (χ3n) is 3.59. The number of halogens is 2. The van der Waals surface area contributed by atoms with Gasteiger partial charge in [-0.3, -0.25) is 4.79 Å². The van der Waals surface area contributed by atoms with Crippen LogP contribution in [-0.2, 0) is 13.8 Å². The number of para-hydroxylation sites is 1. The second-order valence-corrected chi connectivity index (χ2v) is 8.47. The van der Waals surface area contributed by atoms with E-state index >= 15 is 0 Å². The van der Waals surface area contributed by atoms with Crippen LogP contribution in [0.4, 0.5) is 5.69 Å². The number of nitrogens with zero attached hydrogens (tertiary/aromatic N) is 2. The maximum atomic E-state index is 12.3. The zero-order chi connectivity index (χ0) is 15.9. The van der Waals surface area contributed by atoms with E-state index in [1.165, 1.54) is 0 Å². The summed E-state index contributed by atoms with van der Waals surface area (Å²) in [5.41, 5.74) is 1.33. The number of fused-ring (bicyclic) bond motifs is 1. The summed E-state index contributed by atoms with van der Waals surface area (Å²) in [7, 11) is 1.65. The molecule has 1 aliphatic heterocycles. The SMILES string of the molecule is O=C1CC(CS(=O)(=O)Cl)CN1c1cc(Cl)nc2ccccc12. The van der Waals surface area contributed by atoms with Gasteiger partial charge in [-0.05, 0) is 12.1 Å². The van der Waals surface area contributed by atoms with Gasteiger partial charge in [0.1, 0.15) is 5.15 Å². The molecule has 22 heavy (non-hydrogen) atoms. The second-order valence-electron chi connectivity index (χ2n) is 5.26. The van der Waals surface area contributed by atoms with E-state index in [9.17, 15) is 13.2 Å². The zero-order valence-corrected chi connectivity index (χ0v) is 13.7. The quantitative estimate of drug-likeness (QED) is 0.624. The van der Waals surface area contributed by atoms with E-state index in [4.69, 9.17) is 22.3 Å². The highest BCUT2D eigenvalue weighted by Crippen LogP contribution is 2.33. The molecule has 0 radical (unpaired) electrons. The van der Waals surface area contributed by atoms with E-state index in [-0.39, 0.29) is 29.2 Å². The van der Waals surface area contributed by atoms with Crippen LogP contribution in [0.25, 0.3) is 10.9 Å². The number of hydrogen-bond donors (Lipinski definition) is 0. The highest BCUT2D eigenvalue weighted by Gasteiger charge is 2.34. The molecule has 0 spiro atoms. The van der Waals surface area contributed by atoms with Gasteiger partial charge in [-0.2, -0.15) is 0 Å². The fourth-order valence-corrected chi connectivity index (χ4v) is 4.27. The van der Waals surface area contributed by atoms with Gasteiger partial charge >= 0.3 is 0 Å². The number of carbonyl (C=O) groups excluding carboxylic acids is 1. The van der Waals surface area contributed by atoms with Crippen molar-refractivity contribution in [3.8, 4) is 0 Å². The molecule has 0 N–H and O–H groups in total. The Kier molecular flexibility index (Phi) is 4.01. The van der Waals surface area contributed by atoms with Crippen LogP contribution in [0.2, 0.25) is 5.15 Å². The monoisotopic (exact) mass is 358 g/mol. The van der Waals surface area contributed by atoms with Crippen molar-refractivity contribution in [2.24, 2.45) is 5.92 Å². The van der Waals surface area contributed by atoms with Crippen LogP contribution >= 0.6 is 22.3 Å². The molecule has 116 valence electrons. The molecule has 3 rings (SSSR count). The van der Waals surface area contributed by atoms with Crippen molar-refractivity contribution < 1.29 is 13.2 Å². The number of benzene rings is 1. The molecule has 1 atom stereocenters. The molecule has 0 aliphatic carbocycles. The molecular weight excluding hydrogens is 347 g/mol. The van der Waals surface area contributed by atoms with Gasteiger partial charge in [0.15, 0.2) is 0 Å². The molecule has 0 saturated carbocycles. The van der Waals surface area contributed by atoms with E-state index in [1.54, 1.807) is 11.0 Å². The van der Waals surface area contributed by atoms with Gasteiger partial charge in [-0.25, -0.2) is 13.4 Å². The fourth-order valence-electron chi connectivity index (χ4n) is 2.76. The molecule has 0 bridgehead atoms. The summed E-state index contributed by atoms with van der Waals surface area (Å²) in [6, 6.07) is 8.98. The molecule has 1 aliphatic rings. The third kappa shape index (κ3) is 3.19. The van der Waals surface area contributed by atoms with Crippen molar-refractivity contribution in [3.05, 3.63) is 35.5 Å². The van der Waals surface area contributed by atoms with Gasteiger partial charge in [0.25, 0.3) is 0 Å². The van der Waals surface area contributed by atoms with E-state index in [1.807, 2.05) is 24.3 Å². The minimum atomic E-state index is -3.63. The Labute approximate surface area is 137 Å². The van der Waals surface area contributed by atoms with Crippen molar-refractivity contribution in [2.45, 2.75) is 6.42 Å². The summed E-state index contributed by atoms with van der Waals surface area (Å²) in [5, 5.41) is 1.09. The lowest BCUT2D eigenvalue weighted by Gasteiger charge is -2.19. The summed E-state index contributed by atoms with van der Waals surface area (Å²) < 4.78 is 22.4. The first-order valence-corrected chi connectivity index (χ1v) is 9.47. The lowest BCUT2D eigenvalue weighted by molar-refractivity contribution is -0.117. The first-order valence-electron chi connectivity index (χ1n) is 6.61. The van der Waals surface area contributed by atoms with E-state index < -0.39 is 9.05 Å². The first-order chi connectivity index (χ1) is 10.3. The summed E-state index contributed by atoms with van der Waals surface area (Å²) in [5.74, 6) is -0.675.